The summed E-state index contributed by atoms with van der Waals surface area (Å²) in [5.41, 5.74) is 4.01. The number of anilines is 3. The first-order valence-electron chi connectivity index (χ1n) is 8.71. The van der Waals surface area contributed by atoms with Crippen molar-refractivity contribution >= 4 is 17.5 Å². The highest BCUT2D eigenvalue weighted by molar-refractivity contribution is 5.65. The van der Waals surface area contributed by atoms with Crippen molar-refractivity contribution in [3.05, 3.63) is 65.4 Å². The topological polar surface area (TPSA) is 68.3 Å². The third kappa shape index (κ3) is 4.88. The summed E-state index contributed by atoms with van der Waals surface area (Å²) in [6.07, 6.45) is 0. The second-order valence-electron chi connectivity index (χ2n) is 6.25. The Morgan fingerprint density at radius 1 is 0.889 bits per heavy atom. The van der Waals surface area contributed by atoms with Gasteiger partial charge in [-0.3, -0.25) is 0 Å². The van der Waals surface area contributed by atoms with Gasteiger partial charge in [0.25, 0.3) is 0 Å². The van der Waals surface area contributed by atoms with Gasteiger partial charge in [0.2, 0.25) is 5.95 Å². The SMILES string of the molecule is COc1ccc(CNc2nc(C)cc(Nc3cc(C)ccc3OC)n2)cc1. The van der Waals surface area contributed by atoms with Crippen molar-refractivity contribution in [1.29, 1.82) is 0 Å². The van der Waals surface area contributed by atoms with Crippen molar-refractivity contribution in [2.45, 2.75) is 20.4 Å². The van der Waals surface area contributed by atoms with E-state index in [4.69, 9.17) is 9.47 Å². The van der Waals surface area contributed by atoms with E-state index in [1.165, 1.54) is 0 Å². The van der Waals surface area contributed by atoms with Crippen molar-refractivity contribution in [2.24, 2.45) is 0 Å². The zero-order valence-corrected chi connectivity index (χ0v) is 16.0. The molecule has 6 nitrogen and oxygen atoms in total. The maximum atomic E-state index is 5.43. The van der Waals surface area contributed by atoms with Crippen molar-refractivity contribution in [2.75, 3.05) is 24.9 Å². The normalized spacial score (nSPS) is 10.4. The molecule has 2 N–H and O–H groups in total. The Hall–Kier alpha value is -3.28. The van der Waals surface area contributed by atoms with Gasteiger partial charge in [-0.05, 0) is 49.2 Å². The zero-order chi connectivity index (χ0) is 19.2. The van der Waals surface area contributed by atoms with Gasteiger partial charge >= 0.3 is 0 Å². The highest BCUT2D eigenvalue weighted by Gasteiger charge is 2.07. The summed E-state index contributed by atoms with van der Waals surface area (Å²) in [5.74, 6) is 2.89. The molecule has 2 aromatic carbocycles. The number of hydrogen-bond acceptors (Lipinski definition) is 6. The Morgan fingerprint density at radius 2 is 1.67 bits per heavy atom. The van der Waals surface area contributed by atoms with Crippen LogP contribution in [-0.4, -0.2) is 24.2 Å². The second kappa shape index (κ2) is 8.40. The Labute approximate surface area is 159 Å². The smallest absolute Gasteiger partial charge is 0.225 e. The van der Waals surface area contributed by atoms with Crippen LogP contribution in [0.3, 0.4) is 0 Å². The number of rotatable bonds is 7. The van der Waals surface area contributed by atoms with E-state index in [2.05, 4.69) is 20.6 Å². The van der Waals surface area contributed by atoms with Gasteiger partial charge in [-0.25, -0.2) is 4.98 Å². The molecule has 3 aromatic rings. The minimum atomic E-state index is 0.569. The predicted molar refractivity (Wildman–Crippen MR) is 108 cm³/mol. The number of hydrogen-bond donors (Lipinski definition) is 2. The Morgan fingerprint density at radius 3 is 2.37 bits per heavy atom. The van der Waals surface area contributed by atoms with E-state index in [-0.39, 0.29) is 0 Å². The number of nitrogens with one attached hydrogen (secondary N) is 2. The lowest BCUT2D eigenvalue weighted by Gasteiger charge is -2.13. The summed E-state index contributed by atoms with van der Waals surface area (Å²) in [5, 5.41) is 6.60. The summed E-state index contributed by atoms with van der Waals surface area (Å²) in [7, 11) is 3.31. The van der Waals surface area contributed by atoms with E-state index < -0.39 is 0 Å². The molecule has 27 heavy (non-hydrogen) atoms. The molecule has 1 heterocycles. The quantitative estimate of drug-likeness (QED) is 0.645. The fourth-order valence-electron chi connectivity index (χ4n) is 2.69. The molecule has 0 saturated carbocycles. The molecule has 0 aliphatic carbocycles. The first-order chi connectivity index (χ1) is 13.1. The van der Waals surface area contributed by atoms with Gasteiger partial charge in [0.1, 0.15) is 17.3 Å². The second-order valence-corrected chi connectivity index (χ2v) is 6.25. The van der Waals surface area contributed by atoms with E-state index in [9.17, 15) is 0 Å². The highest BCUT2D eigenvalue weighted by Crippen LogP contribution is 2.28. The van der Waals surface area contributed by atoms with Gasteiger partial charge in [-0.1, -0.05) is 18.2 Å². The van der Waals surface area contributed by atoms with Crippen LogP contribution in [0.5, 0.6) is 11.5 Å². The molecule has 0 bridgehead atoms. The van der Waals surface area contributed by atoms with Gasteiger partial charge in [0.05, 0.1) is 19.9 Å². The lowest BCUT2D eigenvalue weighted by Crippen LogP contribution is -2.06. The minimum Gasteiger partial charge on any atom is -0.497 e. The fourth-order valence-corrected chi connectivity index (χ4v) is 2.69. The van der Waals surface area contributed by atoms with Gasteiger partial charge in [-0.2, -0.15) is 4.98 Å². The van der Waals surface area contributed by atoms with Crippen LogP contribution in [0.25, 0.3) is 0 Å². The predicted octanol–water partition coefficient (Wildman–Crippen LogP) is 4.47. The summed E-state index contributed by atoms with van der Waals surface area (Å²) in [6, 6.07) is 15.8. The molecule has 0 atom stereocenters. The number of nitrogens with zero attached hydrogens (tertiary/aromatic N) is 2. The molecule has 0 aliphatic rings. The van der Waals surface area contributed by atoms with Crippen LogP contribution < -0.4 is 20.1 Å². The van der Waals surface area contributed by atoms with Crippen LogP contribution in [0, 0.1) is 13.8 Å². The van der Waals surface area contributed by atoms with E-state index in [1.54, 1.807) is 14.2 Å². The summed E-state index contributed by atoms with van der Waals surface area (Å²) >= 11 is 0. The number of aryl methyl sites for hydroxylation is 2. The van der Waals surface area contributed by atoms with Gasteiger partial charge in [-0.15, -0.1) is 0 Å². The number of aromatic nitrogens is 2. The molecule has 1 aromatic heterocycles. The summed E-state index contributed by atoms with van der Waals surface area (Å²) in [6.45, 7) is 4.61. The molecule has 140 valence electrons. The number of methoxy groups -OCH3 is 2. The van der Waals surface area contributed by atoms with Crippen molar-refractivity contribution < 1.29 is 9.47 Å². The van der Waals surface area contributed by atoms with Gasteiger partial charge in [0, 0.05) is 18.3 Å². The van der Waals surface area contributed by atoms with Crippen LogP contribution in [0.2, 0.25) is 0 Å². The molecule has 6 heteroatoms. The monoisotopic (exact) mass is 364 g/mol. The van der Waals surface area contributed by atoms with Crippen molar-refractivity contribution in [3.8, 4) is 11.5 Å². The van der Waals surface area contributed by atoms with E-state index in [0.717, 1.165) is 34.0 Å². The van der Waals surface area contributed by atoms with Crippen LogP contribution in [-0.2, 0) is 6.54 Å². The lowest BCUT2D eigenvalue weighted by molar-refractivity contribution is 0.414. The molecular formula is C21H24N4O2. The lowest BCUT2D eigenvalue weighted by atomic mass is 10.2. The highest BCUT2D eigenvalue weighted by atomic mass is 16.5. The number of benzene rings is 2. The van der Waals surface area contributed by atoms with Crippen molar-refractivity contribution in [1.82, 2.24) is 9.97 Å². The molecule has 0 unspecified atom stereocenters. The average Bonchev–Trinajstić information content (AvgIpc) is 2.66. The van der Waals surface area contributed by atoms with Crippen LogP contribution in [0.1, 0.15) is 16.8 Å². The zero-order valence-electron chi connectivity index (χ0n) is 16.0. The first-order valence-corrected chi connectivity index (χ1v) is 8.71. The Balaban J connectivity index is 1.75. The van der Waals surface area contributed by atoms with Gasteiger partial charge < -0.3 is 20.1 Å². The molecule has 0 amide bonds. The molecule has 0 saturated heterocycles. The molecule has 0 fully saturated rings. The van der Waals surface area contributed by atoms with Crippen LogP contribution in [0.4, 0.5) is 17.5 Å². The first kappa shape index (κ1) is 18.5. The molecule has 3 rings (SSSR count). The van der Waals surface area contributed by atoms with Crippen molar-refractivity contribution in [3.63, 3.8) is 0 Å². The summed E-state index contributed by atoms with van der Waals surface area (Å²) in [4.78, 5) is 9.04. The Kier molecular flexibility index (Phi) is 5.76. The molecule has 0 spiro atoms. The third-order valence-corrected chi connectivity index (χ3v) is 4.08. The Bertz CT molecular complexity index is 911. The fraction of sp³-hybridized carbons (Fsp3) is 0.238. The largest absolute Gasteiger partial charge is 0.497 e. The maximum Gasteiger partial charge on any atom is 0.225 e. The molecule has 0 aliphatic heterocycles. The van der Waals surface area contributed by atoms with Gasteiger partial charge in [0.15, 0.2) is 0 Å². The van der Waals surface area contributed by atoms with Crippen LogP contribution >= 0.6 is 0 Å². The van der Waals surface area contributed by atoms with Crippen LogP contribution in [0.15, 0.2) is 48.5 Å². The minimum absolute atomic E-state index is 0.569. The number of ether oxygens (including phenoxy) is 2. The summed E-state index contributed by atoms with van der Waals surface area (Å²) < 4.78 is 10.6. The van der Waals surface area contributed by atoms with E-state index >= 15 is 0 Å². The average molecular weight is 364 g/mol. The third-order valence-electron chi connectivity index (χ3n) is 4.08. The standard InChI is InChI=1S/C21H24N4O2/c1-14-5-10-19(27-4)18(11-14)24-20-12-15(2)23-21(25-20)22-13-16-6-8-17(26-3)9-7-16/h5-12H,13H2,1-4H3,(H2,22,23,24,25). The molecular weight excluding hydrogens is 340 g/mol. The van der Waals surface area contributed by atoms with E-state index in [1.807, 2.05) is 62.4 Å². The maximum absolute atomic E-state index is 5.43. The molecule has 0 radical (unpaired) electrons. The van der Waals surface area contributed by atoms with E-state index in [0.29, 0.717) is 18.3 Å².